The molecule has 0 spiro atoms. The molecule has 2 aromatic rings. The molecule has 0 aliphatic heterocycles. The predicted octanol–water partition coefficient (Wildman–Crippen LogP) is 2.27. The molecule has 1 aromatic heterocycles. The molecule has 100 valence electrons. The molecule has 0 saturated carbocycles. The van der Waals surface area contributed by atoms with Crippen LogP contribution < -0.4 is 5.32 Å². The summed E-state index contributed by atoms with van der Waals surface area (Å²) in [7, 11) is 0. The van der Waals surface area contributed by atoms with Crippen molar-refractivity contribution in [1.82, 2.24) is 5.32 Å². The summed E-state index contributed by atoms with van der Waals surface area (Å²) in [5, 5.41) is 12.2. The van der Waals surface area contributed by atoms with Gasteiger partial charge < -0.3 is 14.8 Å². The number of para-hydroxylation sites is 1. The van der Waals surface area contributed by atoms with E-state index in [1.54, 1.807) is 13.0 Å². The van der Waals surface area contributed by atoms with E-state index < -0.39 is 11.9 Å². The van der Waals surface area contributed by atoms with Crippen molar-refractivity contribution in [3.63, 3.8) is 0 Å². The van der Waals surface area contributed by atoms with E-state index in [1.165, 1.54) is 6.26 Å². The van der Waals surface area contributed by atoms with E-state index in [1.807, 2.05) is 18.2 Å². The minimum atomic E-state index is -0.858. The highest BCUT2D eigenvalue weighted by molar-refractivity contribution is 6.05. The maximum absolute atomic E-state index is 12.0. The number of carbonyl (C=O) groups is 2. The van der Waals surface area contributed by atoms with Crippen molar-refractivity contribution in [3.05, 3.63) is 36.1 Å². The third-order valence-electron chi connectivity index (χ3n) is 3.01. The Morgan fingerprint density at radius 3 is 2.84 bits per heavy atom. The number of carboxylic acids is 1. The van der Waals surface area contributed by atoms with E-state index in [4.69, 9.17) is 9.52 Å². The fourth-order valence-electron chi connectivity index (χ4n) is 1.77. The van der Waals surface area contributed by atoms with Crippen molar-refractivity contribution < 1.29 is 19.1 Å². The van der Waals surface area contributed by atoms with E-state index in [2.05, 4.69) is 5.32 Å². The maximum Gasteiger partial charge on any atom is 0.306 e. The number of hydrogen-bond acceptors (Lipinski definition) is 3. The van der Waals surface area contributed by atoms with Crippen LogP contribution in [0.4, 0.5) is 0 Å². The highest BCUT2D eigenvalue weighted by atomic mass is 16.4. The van der Waals surface area contributed by atoms with Crippen LogP contribution in [0.25, 0.3) is 11.0 Å². The van der Waals surface area contributed by atoms with Crippen molar-refractivity contribution in [2.45, 2.75) is 13.3 Å². The average molecular weight is 261 g/mol. The minimum absolute atomic E-state index is 0.248. The molecule has 5 nitrogen and oxygen atoms in total. The summed E-state index contributed by atoms with van der Waals surface area (Å²) in [6.45, 7) is 1.94. The monoisotopic (exact) mass is 261 g/mol. The smallest absolute Gasteiger partial charge is 0.306 e. The molecular weight excluding hydrogens is 246 g/mol. The molecule has 1 amide bonds. The Morgan fingerprint density at radius 1 is 1.37 bits per heavy atom. The third kappa shape index (κ3) is 2.93. The first kappa shape index (κ1) is 13.1. The van der Waals surface area contributed by atoms with E-state index in [0.717, 1.165) is 5.39 Å². The van der Waals surface area contributed by atoms with Gasteiger partial charge in [-0.25, -0.2) is 0 Å². The van der Waals surface area contributed by atoms with Gasteiger partial charge in [-0.1, -0.05) is 25.1 Å². The van der Waals surface area contributed by atoms with Crippen molar-refractivity contribution in [3.8, 4) is 0 Å². The Kier molecular flexibility index (Phi) is 3.85. The van der Waals surface area contributed by atoms with Crippen LogP contribution in [0.3, 0.4) is 0 Å². The second-order valence-electron chi connectivity index (χ2n) is 4.43. The summed E-state index contributed by atoms with van der Waals surface area (Å²) >= 11 is 0. The second kappa shape index (κ2) is 5.56. The third-order valence-corrected chi connectivity index (χ3v) is 3.01. The molecule has 2 rings (SSSR count). The Hall–Kier alpha value is -2.30. The van der Waals surface area contributed by atoms with E-state index in [-0.39, 0.29) is 5.91 Å². The van der Waals surface area contributed by atoms with Gasteiger partial charge >= 0.3 is 5.97 Å². The summed E-state index contributed by atoms with van der Waals surface area (Å²) in [5.41, 5.74) is 1.13. The number of nitrogens with one attached hydrogen (secondary N) is 1. The number of furan rings is 1. The lowest BCUT2D eigenvalue weighted by atomic mass is 10.1. The molecular formula is C14H15NO4. The molecule has 1 aromatic carbocycles. The Bertz CT molecular complexity index is 602. The molecule has 0 fully saturated rings. The summed E-state index contributed by atoms with van der Waals surface area (Å²) in [6, 6.07) is 7.27. The lowest BCUT2D eigenvalue weighted by molar-refractivity contribution is -0.141. The van der Waals surface area contributed by atoms with Gasteiger partial charge in [-0.3, -0.25) is 9.59 Å². The minimum Gasteiger partial charge on any atom is -0.481 e. The highest BCUT2D eigenvalue weighted by Crippen LogP contribution is 2.20. The molecule has 1 unspecified atom stereocenters. The molecule has 2 N–H and O–H groups in total. The second-order valence-corrected chi connectivity index (χ2v) is 4.43. The fourth-order valence-corrected chi connectivity index (χ4v) is 1.77. The zero-order valence-electron chi connectivity index (χ0n) is 10.6. The Balaban J connectivity index is 1.99. The van der Waals surface area contributed by atoms with Crippen LogP contribution in [0.5, 0.6) is 0 Å². The first-order valence-electron chi connectivity index (χ1n) is 6.07. The van der Waals surface area contributed by atoms with Gasteiger partial charge in [0.15, 0.2) is 0 Å². The maximum atomic E-state index is 12.0. The van der Waals surface area contributed by atoms with Crippen molar-refractivity contribution >= 4 is 22.8 Å². The van der Waals surface area contributed by atoms with Crippen LogP contribution in [-0.2, 0) is 4.79 Å². The summed E-state index contributed by atoms with van der Waals surface area (Å²) in [5.74, 6) is -1.58. The number of carbonyl (C=O) groups excluding carboxylic acids is 1. The van der Waals surface area contributed by atoms with Crippen LogP contribution in [0.1, 0.15) is 23.7 Å². The van der Waals surface area contributed by atoms with Crippen LogP contribution in [0.2, 0.25) is 0 Å². The number of rotatable bonds is 5. The number of carboxylic acid groups (broad SMARTS) is 1. The van der Waals surface area contributed by atoms with Gasteiger partial charge in [-0.2, -0.15) is 0 Å². The van der Waals surface area contributed by atoms with Crippen molar-refractivity contribution in [2.24, 2.45) is 5.92 Å². The molecule has 0 radical (unpaired) electrons. The standard InChI is InChI=1S/C14H15NO4/c1-9(14(17)18)6-7-15-13(16)11-8-19-12-5-3-2-4-10(11)12/h2-5,8-9H,6-7H2,1H3,(H,15,16)(H,17,18). The number of amides is 1. The van der Waals surface area contributed by atoms with E-state index in [0.29, 0.717) is 24.1 Å². The van der Waals surface area contributed by atoms with Crippen molar-refractivity contribution in [2.75, 3.05) is 6.54 Å². The number of hydrogen-bond donors (Lipinski definition) is 2. The zero-order chi connectivity index (χ0) is 13.8. The SMILES string of the molecule is CC(CCNC(=O)c1coc2ccccc12)C(=O)O. The van der Waals surface area contributed by atoms with Crippen LogP contribution >= 0.6 is 0 Å². The number of aliphatic carboxylic acids is 1. The first-order valence-corrected chi connectivity index (χ1v) is 6.07. The lowest BCUT2D eigenvalue weighted by Gasteiger charge is -2.07. The number of fused-ring (bicyclic) bond motifs is 1. The molecule has 1 atom stereocenters. The van der Waals surface area contributed by atoms with Gasteiger partial charge in [-0.15, -0.1) is 0 Å². The number of benzene rings is 1. The molecule has 5 heteroatoms. The Morgan fingerprint density at radius 2 is 2.11 bits per heavy atom. The quantitative estimate of drug-likeness (QED) is 0.865. The molecule has 0 saturated heterocycles. The van der Waals surface area contributed by atoms with Crippen LogP contribution in [-0.4, -0.2) is 23.5 Å². The van der Waals surface area contributed by atoms with Crippen LogP contribution in [0.15, 0.2) is 34.9 Å². The van der Waals surface area contributed by atoms with Gasteiger partial charge in [0.2, 0.25) is 0 Å². The lowest BCUT2D eigenvalue weighted by Crippen LogP contribution is -2.26. The summed E-state index contributed by atoms with van der Waals surface area (Å²) in [4.78, 5) is 22.6. The summed E-state index contributed by atoms with van der Waals surface area (Å²) in [6.07, 6.45) is 1.82. The van der Waals surface area contributed by atoms with E-state index in [9.17, 15) is 9.59 Å². The topological polar surface area (TPSA) is 79.5 Å². The Labute approximate surface area is 110 Å². The zero-order valence-corrected chi connectivity index (χ0v) is 10.6. The van der Waals surface area contributed by atoms with Crippen LogP contribution in [0, 0.1) is 5.92 Å². The molecule has 0 aliphatic rings. The largest absolute Gasteiger partial charge is 0.481 e. The molecule has 19 heavy (non-hydrogen) atoms. The van der Waals surface area contributed by atoms with Gasteiger partial charge in [0.1, 0.15) is 11.8 Å². The fraction of sp³-hybridized carbons (Fsp3) is 0.286. The van der Waals surface area contributed by atoms with Gasteiger partial charge in [0.25, 0.3) is 5.91 Å². The van der Waals surface area contributed by atoms with Gasteiger partial charge in [0.05, 0.1) is 11.5 Å². The average Bonchev–Trinajstić information content (AvgIpc) is 2.82. The van der Waals surface area contributed by atoms with Crippen molar-refractivity contribution in [1.29, 1.82) is 0 Å². The van der Waals surface area contributed by atoms with E-state index >= 15 is 0 Å². The molecule has 0 aliphatic carbocycles. The molecule has 0 bridgehead atoms. The summed E-state index contributed by atoms with van der Waals surface area (Å²) < 4.78 is 5.28. The normalized spacial score (nSPS) is 12.3. The first-order chi connectivity index (χ1) is 9.09. The van der Waals surface area contributed by atoms with Gasteiger partial charge in [-0.05, 0) is 12.5 Å². The predicted molar refractivity (Wildman–Crippen MR) is 70.0 cm³/mol. The van der Waals surface area contributed by atoms with Gasteiger partial charge in [0, 0.05) is 11.9 Å². The molecule has 1 heterocycles. The highest BCUT2D eigenvalue weighted by Gasteiger charge is 2.14.